The number of carboxylic acids is 1. The number of hydrogen-bond donors (Lipinski definition) is 1. The van der Waals surface area contributed by atoms with Crippen molar-refractivity contribution in [2.45, 2.75) is 6.92 Å². The maximum Gasteiger partial charge on any atom is 0.330 e. The van der Waals surface area contributed by atoms with E-state index in [2.05, 4.69) is 0 Å². The Labute approximate surface area is 89.3 Å². The van der Waals surface area contributed by atoms with Crippen LogP contribution in [0.15, 0.2) is 11.6 Å². The first kappa shape index (κ1) is 12.2. The summed E-state index contributed by atoms with van der Waals surface area (Å²) < 4.78 is 22.2. The van der Waals surface area contributed by atoms with Crippen LogP contribution in [0.3, 0.4) is 0 Å². The van der Waals surface area contributed by atoms with Crippen LogP contribution >= 0.6 is 0 Å². The van der Waals surface area contributed by atoms with Gasteiger partial charge >= 0.3 is 5.97 Å². The van der Waals surface area contributed by atoms with Gasteiger partial charge in [-0.15, -0.1) is 0 Å². The second-order valence-electron chi connectivity index (χ2n) is 3.64. The summed E-state index contributed by atoms with van der Waals surface area (Å²) in [6, 6.07) is 0. The lowest BCUT2D eigenvalue weighted by Gasteiger charge is -2.25. The topological polar surface area (TPSA) is 74.7 Å². The highest BCUT2D eigenvalue weighted by Crippen LogP contribution is 2.04. The zero-order valence-electron chi connectivity index (χ0n) is 8.64. The molecule has 15 heavy (non-hydrogen) atoms. The Bertz CT molecular complexity index is 358. The summed E-state index contributed by atoms with van der Waals surface area (Å²) in [7, 11) is -2.85. The first-order valence-electron chi connectivity index (χ1n) is 4.73. The lowest BCUT2D eigenvalue weighted by atomic mass is 10.3. The largest absolute Gasteiger partial charge is 0.478 e. The maximum atomic E-state index is 11.1. The second-order valence-corrected chi connectivity index (χ2v) is 5.95. The summed E-state index contributed by atoms with van der Waals surface area (Å²) in [5, 5.41) is 8.61. The third kappa shape index (κ3) is 4.01. The van der Waals surface area contributed by atoms with Crippen molar-refractivity contribution in [1.82, 2.24) is 4.90 Å². The SMILES string of the molecule is C/C(=C\CN1CCS(=O)(=O)CC1)C(=O)O. The molecule has 1 aliphatic rings. The highest BCUT2D eigenvalue weighted by Gasteiger charge is 2.20. The number of rotatable bonds is 3. The van der Waals surface area contributed by atoms with E-state index in [4.69, 9.17) is 5.11 Å². The van der Waals surface area contributed by atoms with Gasteiger partial charge in [0.2, 0.25) is 0 Å². The summed E-state index contributed by atoms with van der Waals surface area (Å²) in [4.78, 5) is 12.4. The molecule has 0 radical (unpaired) electrons. The van der Waals surface area contributed by atoms with E-state index in [-0.39, 0.29) is 11.5 Å². The summed E-state index contributed by atoms with van der Waals surface area (Å²) in [6.45, 7) is 3.02. The maximum absolute atomic E-state index is 11.1. The highest BCUT2D eigenvalue weighted by atomic mass is 32.2. The first-order chi connectivity index (χ1) is 6.91. The Morgan fingerprint density at radius 2 is 1.93 bits per heavy atom. The van der Waals surface area contributed by atoms with Gasteiger partial charge in [-0.2, -0.15) is 0 Å². The average molecular weight is 233 g/mol. The van der Waals surface area contributed by atoms with Crippen molar-refractivity contribution < 1.29 is 18.3 Å². The van der Waals surface area contributed by atoms with Crippen LogP contribution in [0.2, 0.25) is 0 Å². The summed E-state index contributed by atoms with van der Waals surface area (Å²) in [6.07, 6.45) is 1.61. The number of hydrogen-bond acceptors (Lipinski definition) is 4. The van der Waals surface area contributed by atoms with E-state index >= 15 is 0 Å². The Morgan fingerprint density at radius 1 is 1.40 bits per heavy atom. The molecule has 0 saturated carbocycles. The van der Waals surface area contributed by atoms with Crippen molar-refractivity contribution in [3.05, 3.63) is 11.6 Å². The average Bonchev–Trinajstić information content (AvgIpc) is 2.15. The quantitative estimate of drug-likeness (QED) is 0.680. The normalized spacial score (nSPS) is 22.6. The van der Waals surface area contributed by atoms with Gasteiger partial charge in [0.05, 0.1) is 11.5 Å². The Balaban J connectivity index is 2.43. The van der Waals surface area contributed by atoms with Gasteiger partial charge in [0.15, 0.2) is 9.84 Å². The second kappa shape index (κ2) is 4.76. The fourth-order valence-corrected chi connectivity index (χ4v) is 2.56. The number of aliphatic carboxylic acids is 1. The van der Waals surface area contributed by atoms with Crippen LogP contribution in [0.1, 0.15) is 6.92 Å². The fourth-order valence-electron chi connectivity index (χ4n) is 1.29. The van der Waals surface area contributed by atoms with Gasteiger partial charge < -0.3 is 5.11 Å². The van der Waals surface area contributed by atoms with E-state index < -0.39 is 15.8 Å². The predicted octanol–water partition coefficient (Wildman–Crippen LogP) is -0.252. The molecule has 86 valence electrons. The molecular formula is C9H15NO4S. The molecule has 1 heterocycles. The van der Waals surface area contributed by atoms with Crippen LogP contribution in [0.4, 0.5) is 0 Å². The molecule has 0 aromatic rings. The Kier molecular flexibility index (Phi) is 3.87. The molecule has 1 rings (SSSR count). The molecule has 0 aliphatic carbocycles. The number of sulfone groups is 1. The van der Waals surface area contributed by atoms with Gasteiger partial charge in [-0.1, -0.05) is 6.08 Å². The van der Waals surface area contributed by atoms with Crippen LogP contribution in [-0.2, 0) is 14.6 Å². The molecule has 6 heteroatoms. The molecule has 0 spiro atoms. The third-order valence-electron chi connectivity index (χ3n) is 2.43. The summed E-state index contributed by atoms with van der Waals surface area (Å²) in [5.41, 5.74) is 0.295. The van der Waals surface area contributed by atoms with Gasteiger partial charge in [0.1, 0.15) is 0 Å². The molecule has 1 aliphatic heterocycles. The van der Waals surface area contributed by atoms with Gasteiger partial charge in [-0.05, 0) is 6.92 Å². The van der Waals surface area contributed by atoms with Crippen molar-refractivity contribution in [2.24, 2.45) is 0 Å². The lowest BCUT2D eigenvalue weighted by molar-refractivity contribution is -0.132. The highest BCUT2D eigenvalue weighted by molar-refractivity contribution is 7.91. The number of carboxylic acid groups (broad SMARTS) is 1. The molecule has 1 saturated heterocycles. The van der Waals surface area contributed by atoms with Crippen molar-refractivity contribution in [3.8, 4) is 0 Å². The molecule has 0 atom stereocenters. The van der Waals surface area contributed by atoms with Crippen molar-refractivity contribution in [2.75, 3.05) is 31.1 Å². The molecule has 1 fully saturated rings. The van der Waals surface area contributed by atoms with Gasteiger partial charge in [0, 0.05) is 25.2 Å². The smallest absolute Gasteiger partial charge is 0.330 e. The van der Waals surface area contributed by atoms with Gasteiger partial charge in [0.25, 0.3) is 0 Å². The minimum absolute atomic E-state index is 0.174. The summed E-state index contributed by atoms with van der Waals surface area (Å²) in [5.74, 6) is -0.584. The molecule has 0 aromatic heterocycles. The Morgan fingerprint density at radius 3 is 2.40 bits per heavy atom. The van der Waals surface area contributed by atoms with Crippen molar-refractivity contribution >= 4 is 15.8 Å². The van der Waals surface area contributed by atoms with Gasteiger partial charge in [-0.25, -0.2) is 13.2 Å². The van der Waals surface area contributed by atoms with Crippen LogP contribution in [-0.4, -0.2) is 55.5 Å². The monoisotopic (exact) mass is 233 g/mol. The van der Waals surface area contributed by atoms with Crippen molar-refractivity contribution in [1.29, 1.82) is 0 Å². The van der Waals surface area contributed by atoms with E-state index in [1.807, 2.05) is 4.90 Å². The summed E-state index contributed by atoms with van der Waals surface area (Å²) >= 11 is 0. The van der Waals surface area contributed by atoms with Gasteiger partial charge in [-0.3, -0.25) is 4.90 Å². The molecular weight excluding hydrogens is 218 g/mol. The molecule has 0 unspecified atom stereocenters. The lowest BCUT2D eigenvalue weighted by Crippen LogP contribution is -2.40. The number of nitrogens with zero attached hydrogens (tertiary/aromatic N) is 1. The first-order valence-corrected chi connectivity index (χ1v) is 6.56. The zero-order chi connectivity index (χ0) is 11.5. The number of carbonyl (C=O) groups is 1. The third-order valence-corrected chi connectivity index (χ3v) is 4.04. The van der Waals surface area contributed by atoms with Crippen LogP contribution < -0.4 is 0 Å². The Hall–Kier alpha value is -0.880. The predicted molar refractivity (Wildman–Crippen MR) is 56.5 cm³/mol. The van der Waals surface area contributed by atoms with E-state index in [0.29, 0.717) is 25.2 Å². The molecule has 0 aromatic carbocycles. The standard InChI is InChI=1S/C9H15NO4S/c1-8(9(11)12)2-3-10-4-6-15(13,14)7-5-10/h2H,3-7H2,1H3,(H,11,12)/b8-2+. The molecule has 5 nitrogen and oxygen atoms in total. The van der Waals surface area contributed by atoms with Crippen molar-refractivity contribution in [3.63, 3.8) is 0 Å². The minimum atomic E-state index is -2.85. The molecule has 0 bridgehead atoms. The minimum Gasteiger partial charge on any atom is -0.478 e. The van der Waals surface area contributed by atoms with E-state index in [1.165, 1.54) is 6.92 Å². The van der Waals surface area contributed by atoms with E-state index in [9.17, 15) is 13.2 Å². The molecule has 0 amide bonds. The van der Waals surface area contributed by atoms with Crippen LogP contribution in [0.25, 0.3) is 0 Å². The van der Waals surface area contributed by atoms with E-state index in [0.717, 1.165) is 0 Å². The van der Waals surface area contributed by atoms with E-state index in [1.54, 1.807) is 6.08 Å². The zero-order valence-corrected chi connectivity index (χ0v) is 9.46. The van der Waals surface area contributed by atoms with Crippen LogP contribution in [0.5, 0.6) is 0 Å². The molecule has 1 N–H and O–H groups in total. The van der Waals surface area contributed by atoms with Crippen LogP contribution in [0, 0.1) is 0 Å². The fraction of sp³-hybridized carbons (Fsp3) is 0.667.